The molecule has 3 rings (SSSR count). The largest absolute Gasteiger partial charge is 0.493 e. The van der Waals surface area contributed by atoms with Crippen LogP contribution in [0.25, 0.3) is 10.6 Å². The third-order valence-electron chi connectivity index (χ3n) is 4.88. The summed E-state index contributed by atoms with van der Waals surface area (Å²) < 4.78 is 18.2. The number of aryl methyl sites for hydroxylation is 2. The summed E-state index contributed by atoms with van der Waals surface area (Å²) in [6.45, 7) is 6.63. The third kappa shape index (κ3) is 4.99. The zero-order chi connectivity index (χ0) is 21.7. The Morgan fingerprint density at radius 3 is 2.70 bits per heavy atom. The molecular weight excluding hydrogens is 402 g/mol. The van der Waals surface area contributed by atoms with Crippen LogP contribution < -0.4 is 9.47 Å². The maximum Gasteiger partial charge on any atom is 0.306 e. The van der Waals surface area contributed by atoms with E-state index in [1.54, 1.807) is 7.11 Å². The summed E-state index contributed by atoms with van der Waals surface area (Å²) >= 11 is 1.50. The van der Waals surface area contributed by atoms with Gasteiger partial charge in [-0.15, -0.1) is 11.3 Å². The average Bonchev–Trinajstić information content (AvgIpc) is 3.30. The van der Waals surface area contributed by atoms with Crippen molar-refractivity contribution in [1.29, 1.82) is 0 Å². The number of methoxy groups -OCH3 is 1. The molecule has 0 amide bonds. The SMILES string of the molecule is CCOc1ccc(-c2nc(COC(=O)CCc3c(C)nn(C)c3C)cs2)cc1OC. The van der Waals surface area contributed by atoms with Crippen molar-refractivity contribution in [2.75, 3.05) is 13.7 Å². The number of aromatic nitrogens is 3. The number of benzene rings is 1. The van der Waals surface area contributed by atoms with E-state index in [9.17, 15) is 4.79 Å². The van der Waals surface area contributed by atoms with Gasteiger partial charge in [-0.3, -0.25) is 9.48 Å². The molecule has 2 heterocycles. The van der Waals surface area contributed by atoms with Gasteiger partial charge in [0.1, 0.15) is 11.6 Å². The summed E-state index contributed by atoms with van der Waals surface area (Å²) in [4.78, 5) is 16.8. The van der Waals surface area contributed by atoms with Crippen LogP contribution in [0.4, 0.5) is 0 Å². The van der Waals surface area contributed by atoms with Crippen LogP contribution in [0.15, 0.2) is 23.6 Å². The predicted octanol–water partition coefficient (Wildman–Crippen LogP) is 4.24. The van der Waals surface area contributed by atoms with E-state index in [1.165, 1.54) is 11.3 Å². The van der Waals surface area contributed by atoms with Crippen LogP contribution in [-0.2, 0) is 29.6 Å². The molecule has 0 N–H and O–H groups in total. The van der Waals surface area contributed by atoms with Crippen molar-refractivity contribution < 1.29 is 19.0 Å². The number of ether oxygens (including phenoxy) is 3. The van der Waals surface area contributed by atoms with Crippen molar-refractivity contribution in [3.05, 3.63) is 46.2 Å². The van der Waals surface area contributed by atoms with Crippen molar-refractivity contribution in [2.45, 2.75) is 40.2 Å². The first-order valence-corrected chi connectivity index (χ1v) is 10.7. The van der Waals surface area contributed by atoms with Gasteiger partial charge in [0, 0.05) is 30.1 Å². The summed E-state index contributed by atoms with van der Waals surface area (Å²) in [6.07, 6.45) is 0.944. The van der Waals surface area contributed by atoms with Crippen molar-refractivity contribution in [2.24, 2.45) is 7.05 Å². The summed E-state index contributed by atoms with van der Waals surface area (Å²) in [6, 6.07) is 5.72. The van der Waals surface area contributed by atoms with Crippen molar-refractivity contribution >= 4 is 17.3 Å². The number of rotatable bonds is 9. The first-order valence-electron chi connectivity index (χ1n) is 9.83. The highest BCUT2D eigenvalue weighted by Gasteiger charge is 2.14. The van der Waals surface area contributed by atoms with E-state index in [2.05, 4.69) is 10.1 Å². The number of hydrogen-bond acceptors (Lipinski definition) is 7. The second-order valence-electron chi connectivity index (χ2n) is 6.88. The van der Waals surface area contributed by atoms with E-state index >= 15 is 0 Å². The van der Waals surface area contributed by atoms with Crippen LogP contribution in [0.3, 0.4) is 0 Å². The molecule has 160 valence electrons. The van der Waals surface area contributed by atoms with Crippen LogP contribution in [-0.4, -0.2) is 34.5 Å². The molecule has 30 heavy (non-hydrogen) atoms. The molecule has 1 aromatic carbocycles. The fourth-order valence-electron chi connectivity index (χ4n) is 3.21. The summed E-state index contributed by atoms with van der Waals surface area (Å²) in [5, 5.41) is 7.12. The van der Waals surface area contributed by atoms with Gasteiger partial charge in [0.2, 0.25) is 0 Å². The molecule has 0 spiro atoms. The van der Waals surface area contributed by atoms with Gasteiger partial charge < -0.3 is 14.2 Å². The van der Waals surface area contributed by atoms with E-state index < -0.39 is 0 Å². The quantitative estimate of drug-likeness (QED) is 0.474. The zero-order valence-corrected chi connectivity index (χ0v) is 18.8. The predicted molar refractivity (Wildman–Crippen MR) is 116 cm³/mol. The molecule has 0 radical (unpaired) electrons. The number of hydrogen-bond donors (Lipinski definition) is 0. The second kappa shape index (κ2) is 9.75. The number of nitrogens with zero attached hydrogens (tertiary/aromatic N) is 3. The monoisotopic (exact) mass is 429 g/mol. The molecular formula is C22H27N3O4S. The Balaban J connectivity index is 1.57. The number of carbonyl (C=O) groups is 1. The van der Waals surface area contributed by atoms with Crippen LogP contribution in [0.2, 0.25) is 0 Å². The Hall–Kier alpha value is -2.87. The molecule has 0 aliphatic heterocycles. The zero-order valence-electron chi connectivity index (χ0n) is 18.0. The van der Waals surface area contributed by atoms with Crippen molar-refractivity contribution in [3.8, 4) is 22.1 Å². The Morgan fingerprint density at radius 2 is 2.03 bits per heavy atom. The fourth-order valence-corrected chi connectivity index (χ4v) is 4.02. The molecule has 0 saturated heterocycles. The molecule has 0 bridgehead atoms. The van der Waals surface area contributed by atoms with Crippen LogP contribution >= 0.6 is 11.3 Å². The van der Waals surface area contributed by atoms with Gasteiger partial charge in [-0.1, -0.05) is 0 Å². The second-order valence-corrected chi connectivity index (χ2v) is 7.73. The minimum Gasteiger partial charge on any atom is -0.493 e. The molecule has 0 aliphatic rings. The Kier molecular flexibility index (Phi) is 7.10. The highest BCUT2D eigenvalue weighted by Crippen LogP contribution is 2.33. The highest BCUT2D eigenvalue weighted by molar-refractivity contribution is 7.13. The highest BCUT2D eigenvalue weighted by atomic mass is 32.1. The maximum atomic E-state index is 12.2. The van der Waals surface area contributed by atoms with E-state index in [-0.39, 0.29) is 12.6 Å². The van der Waals surface area contributed by atoms with Crippen LogP contribution in [0.5, 0.6) is 11.5 Å². The standard InChI is InChI=1S/C22H27N3O4S/c1-6-28-19-9-7-16(11-20(19)27-5)22-23-17(13-30-22)12-29-21(26)10-8-18-14(2)24-25(4)15(18)3/h7,9,11,13H,6,8,10,12H2,1-5H3. The number of esters is 1. The molecule has 0 fully saturated rings. The van der Waals surface area contributed by atoms with Crippen molar-refractivity contribution in [3.63, 3.8) is 0 Å². The first kappa shape index (κ1) is 21.8. The molecule has 0 saturated carbocycles. The first-order chi connectivity index (χ1) is 14.4. The van der Waals surface area contributed by atoms with Gasteiger partial charge >= 0.3 is 5.97 Å². The van der Waals surface area contributed by atoms with Gasteiger partial charge in [0.25, 0.3) is 0 Å². The van der Waals surface area contributed by atoms with Gasteiger partial charge in [-0.2, -0.15) is 5.10 Å². The Labute approximate surface area is 180 Å². The molecule has 3 aromatic rings. The lowest BCUT2D eigenvalue weighted by molar-refractivity contribution is -0.145. The van der Waals surface area contributed by atoms with E-state index in [0.717, 1.165) is 33.2 Å². The summed E-state index contributed by atoms with van der Waals surface area (Å²) in [5.41, 5.74) is 4.80. The lowest BCUT2D eigenvalue weighted by Gasteiger charge is -2.09. The van der Waals surface area contributed by atoms with Gasteiger partial charge in [0.15, 0.2) is 11.5 Å². The molecule has 8 heteroatoms. The molecule has 7 nitrogen and oxygen atoms in total. The lowest BCUT2D eigenvalue weighted by atomic mass is 10.1. The number of thiazole rings is 1. The smallest absolute Gasteiger partial charge is 0.306 e. The molecule has 0 aliphatic carbocycles. The fraction of sp³-hybridized carbons (Fsp3) is 0.409. The Bertz CT molecular complexity index is 1030. The van der Waals surface area contributed by atoms with E-state index in [4.69, 9.17) is 14.2 Å². The normalized spacial score (nSPS) is 10.8. The third-order valence-corrected chi connectivity index (χ3v) is 5.82. The molecule has 2 aromatic heterocycles. The maximum absolute atomic E-state index is 12.2. The minimum absolute atomic E-state index is 0.161. The van der Waals surface area contributed by atoms with E-state index in [0.29, 0.717) is 30.9 Å². The molecule has 0 unspecified atom stereocenters. The number of carbonyl (C=O) groups excluding carboxylic acids is 1. The van der Waals surface area contributed by atoms with Crippen molar-refractivity contribution in [1.82, 2.24) is 14.8 Å². The van der Waals surface area contributed by atoms with Gasteiger partial charge in [0.05, 0.1) is 25.1 Å². The summed E-state index contributed by atoms with van der Waals surface area (Å²) in [5.74, 6) is 1.13. The lowest BCUT2D eigenvalue weighted by Crippen LogP contribution is -2.07. The van der Waals surface area contributed by atoms with Crippen LogP contribution in [0, 0.1) is 13.8 Å². The van der Waals surface area contributed by atoms with Crippen LogP contribution in [0.1, 0.15) is 36.0 Å². The Morgan fingerprint density at radius 1 is 1.23 bits per heavy atom. The summed E-state index contributed by atoms with van der Waals surface area (Å²) in [7, 11) is 3.52. The van der Waals surface area contributed by atoms with Gasteiger partial charge in [-0.25, -0.2) is 4.98 Å². The van der Waals surface area contributed by atoms with E-state index in [1.807, 2.05) is 56.1 Å². The topological polar surface area (TPSA) is 75.5 Å². The van der Waals surface area contributed by atoms with Gasteiger partial charge in [-0.05, 0) is 51.0 Å². The average molecular weight is 430 g/mol. The molecule has 0 atom stereocenters. The minimum atomic E-state index is -0.241.